The Labute approximate surface area is 131 Å². The molecule has 0 amide bonds. The Hall–Kier alpha value is -0.120. The molecule has 122 valence electrons. The van der Waals surface area contributed by atoms with Crippen LogP contribution in [-0.2, 0) is 0 Å². The summed E-state index contributed by atoms with van der Waals surface area (Å²) in [6.07, 6.45) is 12.7. The van der Waals surface area contributed by atoms with Crippen molar-refractivity contribution in [2.75, 3.05) is 32.7 Å². The van der Waals surface area contributed by atoms with Crippen LogP contribution in [0.15, 0.2) is 0 Å². The smallest absolute Gasteiger partial charge is 0.0220 e. The molecule has 3 rings (SSSR count). The lowest BCUT2D eigenvalue weighted by molar-refractivity contribution is 0.0692. The van der Waals surface area contributed by atoms with Crippen LogP contribution in [-0.4, -0.2) is 60.6 Å². The van der Waals surface area contributed by atoms with Crippen LogP contribution >= 0.6 is 0 Å². The highest BCUT2D eigenvalue weighted by atomic mass is 15.2. The fourth-order valence-electron chi connectivity index (χ4n) is 4.24. The number of nitrogens with zero attached hydrogens (tertiary/aromatic N) is 2. The molecule has 0 radical (unpaired) electrons. The molecular weight excluding hydrogens is 258 g/mol. The van der Waals surface area contributed by atoms with E-state index in [1.807, 2.05) is 0 Å². The molecule has 0 bridgehead atoms. The summed E-state index contributed by atoms with van der Waals surface area (Å²) in [7, 11) is 0. The number of hydrogen-bond donors (Lipinski definition) is 1. The zero-order chi connectivity index (χ0) is 14.5. The zero-order valence-electron chi connectivity index (χ0n) is 14.0. The highest BCUT2D eigenvalue weighted by Gasteiger charge is 2.29. The fraction of sp³-hybridized carbons (Fsp3) is 1.00. The Morgan fingerprint density at radius 3 is 2.29 bits per heavy atom. The second kappa shape index (κ2) is 7.94. The van der Waals surface area contributed by atoms with E-state index in [4.69, 9.17) is 0 Å². The maximum Gasteiger partial charge on any atom is 0.0220 e. The highest BCUT2D eigenvalue weighted by Crippen LogP contribution is 2.24. The summed E-state index contributed by atoms with van der Waals surface area (Å²) in [5, 5.41) is 3.76. The van der Waals surface area contributed by atoms with E-state index >= 15 is 0 Å². The Bertz CT molecular complexity index is 289. The number of rotatable bonds is 7. The maximum atomic E-state index is 3.76. The summed E-state index contributed by atoms with van der Waals surface area (Å²) >= 11 is 0. The minimum atomic E-state index is 0.790. The van der Waals surface area contributed by atoms with Crippen molar-refractivity contribution in [2.45, 2.75) is 82.8 Å². The van der Waals surface area contributed by atoms with Gasteiger partial charge < -0.3 is 10.2 Å². The molecule has 0 aromatic carbocycles. The summed E-state index contributed by atoms with van der Waals surface area (Å²) in [6, 6.07) is 2.54. The van der Waals surface area contributed by atoms with E-state index in [0.29, 0.717) is 0 Å². The average molecular weight is 293 g/mol. The maximum absolute atomic E-state index is 3.76. The molecule has 2 aliphatic heterocycles. The van der Waals surface area contributed by atoms with Crippen LogP contribution in [0, 0.1) is 0 Å². The van der Waals surface area contributed by atoms with E-state index in [9.17, 15) is 0 Å². The molecule has 0 spiro atoms. The van der Waals surface area contributed by atoms with Gasteiger partial charge in [-0.3, -0.25) is 4.90 Å². The molecule has 2 saturated heterocycles. The van der Waals surface area contributed by atoms with Gasteiger partial charge in [-0.05, 0) is 71.1 Å². The van der Waals surface area contributed by atoms with E-state index in [0.717, 1.165) is 18.1 Å². The third-order valence-electron chi connectivity index (χ3n) is 5.76. The molecule has 3 fully saturated rings. The van der Waals surface area contributed by atoms with Crippen molar-refractivity contribution < 1.29 is 0 Å². The molecule has 0 aromatic rings. The lowest BCUT2D eigenvalue weighted by Crippen LogP contribution is -2.51. The highest BCUT2D eigenvalue weighted by molar-refractivity contribution is 4.87. The van der Waals surface area contributed by atoms with E-state index in [2.05, 4.69) is 22.0 Å². The van der Waals surface area contributed by atoms with E-state index in [1.165, 1.54) is 90.5 Å². The summed E-state index contributed by atoms with van der Waals surface area (Å²) < 4.78 is 0. The molecule has 2 heterocycles. The number of likely N-dealkylation sites (tertiary alicyclic amines) is 2. The predicted octanol–water partition coefficient (Wildman–Crippen LogP) is 2.86. The van der Waals surface area contributed by atoms with E-state index < -0.39 is 0 Å². The second-order valence-corrected chi connectivity index (χ2v) is 7.49. The second-order valence-electron chi connectivity index (χ2n) is 7.49. The predicted molar refractivity (Wildman–Crippen MR) is 89.7 cm³/mol. The molecule has 3 nitrogen and oxygen atoms in total. The van der Waals surface area contributed by atoms with Crippen LogP contribution in [0.4, 0.5) is 0 Å². The fourth-order valence-corrected chi connectivity index (χ4v) is 4.24. The number of hydrogen-bond acceptors (Lipinski definition) is 3. The first-order valence-electron chi connectivity index (χ1n) is 9.58. The number of nitrogens with one attached hydrogen (secondary N) is 1. The Morgan fingerprint density at radius 2 is 1.67 bits per heavy atom. The third-order valence-corrected chi connectivity index (χ3v) is 5.76. The summed E-state index contributed by atoms with van der Waals surface area (Å²) in [6.45, 7) is 8.96. The van der Waals surface area contributed by atoms with Crippen molar-refractivity contribution in [1.82, 2.24) is 15.1 Å². The van der Waals surface area contributed by atoms with Gasteiger partial charge in [0, 0.05) is 24.7 Å². The van der Waals surface area contributed by atoms with Gasteiger partial charge in [0.05, 0.1) is 0 Å². The van der Waals surface area contributed by atoms with Gasteiger partial charge >= 0.3 is 0 Å². The van der Waals surface area contributed by atoms with Crippen LogP contribution in [0.1, 0.15) is 64.7 Å². The van der Waals surface area contributed by atoms with E-state index in [-0.39, 0.29) is 0 Å². The molecule has 3 heteroatoms. The Kier molecular flexibility index (Phi) is 5.96. The number of piperidine rings is 2. The van der Waals surface area contributed by atoms with Crippen molar-refractivity contribution in [2.24, 2.45) is 0 Å². The topological polar surface area (TPSA) is 18.5 Å². The van der Waals surface area contributed by atoms with Crippen LogP contribution in [0.2, 0.25) is 0 Å². The van der Waals surface area contributed by atoms with Gasteiger partial charge in [-0.1, -0.05) is 19.8 Å². The van der Waals surface area contributed by atoms with Crippen molar-refractivity contribution >= 4 is 0 Å². The molecule has 1 aliphatic carbocycles. The van der Waals surface area contributed by atoms with Gasteiger partial charge in [0.25, 0.3) is 0 Å². The molecule has 1 atom stereocenters. The Morgan fingerprint density at radius 1 is 0.952 bits per heavy atom. The van der Waals surface area contributed by atoms with Crippen LogP contribution in [0.25, 0.3) is 0 Å². The molecule has 21 heavy (non-hydrogen) atoms. The van der Waals surface area contributed by atoms with Crippen molar-refractivity contribution in [3.8, 4) is 0 Å². The summed E-state index contributed by atoms with van der Waals surface area (Å²) in [5.41, 5.74) is 0. The zero-order valence-corrected chi connectivity index (χ0v) is 14.0. The van der Waals surface area contributed by atoms with Gasteiger partial charge in [0.1, 0.15) is 0 Å². The first kappa shape index (κ1) is 15.8. The van der Waals surface area contributed by atoms with Crippen LogP contribution in [0.3, 0.4) is 0 Å². The van der Waals surface area contributed by atoms with Crippen LogP contribution in [0.5, 0.6) is 0 Å². The van der Waals surface area contributed by atoms with Gasteiger partial charge in [-0.15, -0.1) is 0 Å². The molecule has 1 N–H and O–H groups in total. The van der Waals surface area contributed by atoms with Gasteiger partial charge in [0.2, 0.25) is 0 Å². The van der Waals surface area contributed by atoms with Crippen molar-refractivity contribution in [3.63, 3.8) is 0 Å². The molecule has 1 saturated carbocycles. The monoisotopic (exact) mass is 293 g/mol. The van der Waals surface area contributed by atoms with Gasteiger partial charge in [-0.2, -0.15) is 0 Å². The lowest BCUT2D eigenvalue weighted by Gasteiger charge is -2.42. The minimum Gasteiger partial charge on any atom is -0.312 e. The normalized spacial score (nSPS) is 27.9. The SMILES string of the molecule is CCCC(CNC1CC1)N1CCC(N2CCCCC2)CC1. The summed E-state index contributed by atoms with van der Waals surface area (Å²) in [4.78, 5) is 5.58. The molecular formula is C18H35N3. The molecule has 1 unspecified atom stereocenters. The largest absolute Gasteiger partial charge is 0.312 e. The van der Waals surface area contributed by atoms with Crippen LogP contribution < -0.4 is 5.32 Å². The standard InChI is InChI=1S/C18H35N3/c1-2-6-18(15-19-16-7-8-16)21-13-9-17(10-14-21)20-11-4-3-5-12-20/h16-19H,2-15H2,1H3. The first-order chi connectivity index (χ1) is 10.4. The quantitative estimate of drug-likeness (QED) is 0.779. The average Bonchev–Trinajstić information content (AvgIpc) is 3.37. The van der Waals surface area contributed by atoms with Crippen molar-refractivity contribution in [1.29, 1.82) is 0 Å². The first-order valence-corrected chi connectivity index (χ1v) is 9.58. The lowest BCUT2D eigenvalue weighted by atomic mass is 9.97. The molecule has 0 aromatic heterocycles. The summed E-state index contributed by atoms with van der Waals surface area (Å²) in [5.74, 6) is 0. The Balaban J connectivity index is 1.43. The third kappa shape index (κ3) is 4.67. The van der Waals surface area contributed by atoms with Gasteiger partial charge in [-0.25, -0.2) is 0 Å². The van der Waals surface area contributed by atoms with E-state index in [1.54, 1.807) is 0 Å². The van der Waals surface area contributed by atoms with Gasteiger partial charge in [0.15, 0.2) is 0 Å². The molecule has 3 aliphatic rings. The van der Waals surface area contributed by atoms with Crippen molar-refractivity contribution in [3.05, 3.63) is 0 Å². The minimum absolute atomic E-state index is 0.790.